The van der Waals surface area contributed by atoms with Crippen LogP contribution in [0.15, 0.2) is 41.0 Å². The molecule has 0 aliphatic heterocycles. The molecule has 0 unspecified atom stereocenters. The number of benzene rings is 1. The number of hydrogen-bond donors (Lipinski definition) is 1. The van der Waals surface area contributed by atoms with Crippen molar-refractivity contribution in [2.24, 2.45) is 0 Å². The van der Waals surface area contributed by atoms with Gasteiger partial charge in [-0.05, 0) is 50.5 Å². The summed E-state index contributed by atoms with van der Waals surface area (Å²) in [5.41, 5.74) is 3.90. The lowest BCUT2D eigenvalue weighted by molar-refractivity contribution is -0.00275. The van der Waals surface area contributed by atoms with E-state index in [9.17, 15) is 5.11 Å². The first kappa shape index (κ1) is 19.7. The van der Waals surface area contributed by atoms with Gasteiger partial charge in [0.2, 0.25) is 0 Å². The molecule has 2 aromatic rings. The summed E-state index contributed by atoms with van der Waals surface area (Å²) in [4.78, 5) is 2.33. The molecule has 2 atom stereocenters. The standard InChI is InChI=1S/C21H31NO3/c1-5-18(4)22(12-19-9-8-16(2)11-17(19)3)13-20(23)14-24-15-21-7-6-10-25-21/h6-11,18,20,23H,5,12-15H2,1-4H3/t18-,20+/m0/s1. The second-order valence-corrected chi connectivity index (χ2v) is 6.86. The van der Waals surface area contributed by atoms with Gasteiger partial charge in [0.05, 0.1) is 19.0 Å². The van der Waals surface area contributed by atoms with Crippen LogP contribution in [0.3, 0.4) is 0 Å². The number of aliphatic hydroxyl groups excluding tert-OH is 1. The quantitative estimate of drug-likeness (QED) is 0.705. The van der Waals surface area contributed by atoms with Gasteiger partial charge in [0.15, 0.2) is 0 Å². The highest BCUT2D eigenvalue weighted by Crippen LogP contribution is 2.16. The molecule has 0 aliphatic carbocycles. The minimum Gasteiger partial charge on any atom is -0.467 e. The number of hydrogen-bond acceptors (Lipinski definition) is 4. The number of aryl methyl sites for hydroxylation is 2. The van der Waals surface area contributed by atoms with Crippen LogP contribution in [0.25, 0.3) is 0 Å². The van der Waals surface area contributed by atoms with E-state index in [-0.39, 0.29) is 0 Å². The van der Waals surface area contributed by atoms with E-state index >= 15 is 0 Å². The molecule has 2 rings (SSSR count). The van der Waals surface area contributed by atoms with Gasteiger partial charge >= 0.3 is 0 Å². The van der Waals surface area contributed by atoms with Crippen molar-refractivity contribution in [1.29, 1.82) is 0 Å². The maximum absolute atomic E-state index is 10.4. The molecule has 0 amide bonds. The van der Waals surface area contributed by atoms with Crippen LogP contribution in [-0.2, 0) is 17.9 Å². The highest BCUT2D eigenvalue weighted by molar-refractivity contribution is 5.30. The molecule has 0 saturated carbocycles. The minimum absolute atomic E-state index is 0.306. The molecule has 1 aromatic carbocycles. The summed E-state index contributed by atoms with van der Waals surface area (Å²) in [6.07, 6.45) is 2.16. The van der Waals surface area contributed by atoms with E-state index in [2.05, 4.69) is 50.8 Å². The minimum atomic E-state index is -0.519. The zero-order valence-electron chi connectivity index (χ0n) is 15.9. The average Bonchev–Trinajstić information content (AvgIpc) is 3.09. The molecule has 4 nitrogen and oxygen atoms in total. The van der Waals surface area contributed by atoms with E-state index in [1.54, 1.807) is 6.26 Å². The molecule has 0 bridgehead atoms. The fourth-order valence-corrected chi connectivity index (χ4v) is 2.91. The Morgan fingerprint density at radius 3 is 2.68 bits per heavy atom. The number of ether oxygens (including phenoxy) is 1. The number of nitrogens with zero attached hydrogens (tertiary/aromatic N) is 1. The Hall–Kier alpha value is -1.62. The smallest absolute Gasteiger partial charge is 0.129 e. The van der Waals surface area contributed by atoms with Gasteiger partial charge in [-0.3, -0.25) is 4.90 Å². The summed E-state index contributed by atoms with van der Waals surface area (Å²) in [6.45, 7) is 10.8. The lowest BCUT2D eigenvalue weighted by atomic mass is 10.0. The second kappa shape index (κ2) is 9.76. The van der Waals surface area contributed by atoms with E-state index in [4.69, 9.17) is 9.15 Å². The first-order chi connectivity index (χ1) is 12.0. The molecule has 0 aliphatic rings. The summed E-state index contributed by atoms with van der Waals surface area (Å²) in [7, 11) is 0. The van der Waals surface area contributed by atoms with Crippen molar-refractivity contribution in [3.63, 3.8) is 0 Å². The van der Waals surface area contributed by atoms with Crippen molar-refractivity contribution in [3.8, 4) is 0 Å². The van der Waals surface area contributed by atoms with Crippen LogP contribution in [0, 0.1) is 13.8 Å². The SMILES string of the molecule is CC[C@H](C)N(Cc1ccc(C)cc1C)C[C@@H](O)COCc1ccco1. The third-order valence-electron chi connectivity index (χ3n) is 4.67. The van der Waals surface area contributed by atoms with Crippen LogP contribution in [-0.4, -0.2) is 35.3 Å². The van der Waals surface area contributed by atoms with Gasteiger partial charge in [-0.25, -0.2) is 0 Å². The summed E-state index contributed by atoms with van der Waals surface area (Å²) in [6, 6.07) is 10.7. The van der Waals surface area contributed by atoms with Crippen LogP contribution >= 0.6 is 0 Å². The lowest BCUT2D eigenvalue weighted by Crippen LogP contribution is -2.40. The van der Waals surface area contributed by atoms with Gasteiger partial charge in [0.25, 0.3) is 0 Å². The molecule has 138 valence electrons. The molecule has 4 heteroatoms. The topological polar surface area (TPSA) is 45.8 Å². The predicted octanol–water partition coefficient (Wildman–Crippen LogP) is 4.07. The highest BCUT2D eigenvalue weighted by atomic mass is 16.5. The van der Waals surface area contributed by atoms with E-state index in [0.29, 0.717) is 25.8 Å². The Labute approximate surface area is 151 Å². The van der Waals surface area contributed by atoms with Gasteiger partial charge in [0.1, 0.15) is 12.4 Å². The summed E-state index contributed by atoms with van der Waals surface area (Å²) < 4.78 is 10.8. The summed E-state index contributed by atoms with van der Waals surface area (Å²) >= 11 is 0. The Bertz CT molecular complexity index is 624. The fraction of sp³-hybridized carbons (Fsp3) is 0.524. The molecule has 0 saturated heterocycles. The maximum atomic E-state index is 10.4. The monoisotopic (exact) mass is 345 g/mol. The lowest BCUT2D eigenvalue weighted by Gasteiger charge is -2.31. The third kappa shape index (κ3) is 6.31. The van der Waals surface area contributed by atoms with Crippen LogP contribution in [0.2, 0.25) is 0 Å². The van der Waals surface area contributed by atoms with Crippen molar-refractivity contribution in [3.05, 3.63) is 59.0 Å². The summed E-state index contributed by atoms with van der Waals surface area (Å²) in [5.74, 6) is 0.779. The molecule has 0 radical (unpaired) electrons. The summed E-state index contributed by atoms with van der Waals surface area (Å²) in [5, 5.41) is 10.4. The maximum Gasteiger partial charge on any atom is 0.129 e. The van der Waals surface area contributed by atoms with Crippen molar-refractivity contribution >= 4 is 0 Å². The van der Waals surface area contributed by atoms with E-state index in [1.807, 2.05) is 12.1 Å². The zero-order chi connectivity index (χ0) is 18.2. The Morgan fingerprint density at radius 1 is 1.24 bits per heavy atom. The van der Waals surface area contributed by atoms with Gasteiger partial charge in [-0.15, -0.1) is 0 Å². The molecule has 1 heterocycles. The van der Waals surface area contributed by atoms with E-state index in [1.165, 1.54) is 16.7 Å². The normalized spacial score (nSPS) is 14.0. The average molecular weight is 345 g/mol. The van der Waals surface area contributed by atoms with E-state index in [0.717, 1.165) is 18.7 Å². The third-order valence-corrected chi connectivity index (χ3v) is 4.67. The Balaban J connectivity index is 1.90. The van der Waals surface area contributed by atoms with Crippen LogP contribution < -0.4 is 0 Å². The first-order valence-corrected chi connectivity index (χ1v) is 9.08. The van der Waals surface area contributed by atoms with Crippen LogP contribution in [0.5, 0.6) is 0 Å². The van der Waals surface area contributed by atoms with Crippen molar-refractivity contribution in [2.45, 2.75) is 59.4 Å². The van der Waals surface area contributed by atoms with Gasteiger partial charge in [-0.1, -0.05) is 30.7 Å². The second-order valence-electron chi connectivity index (χ2n) is 6.86. The van der Waals surface area contributed by atoms with Crippen molar-refractivity contribution in [1.82, 2.24) is 4.90 Å². The zero-order valence-corrected chi connectivity index (χ0v) is 15.9. The molecular weight excluding hydrogens is 314 g/mol. The Morgan fingerprint density at radius 2 is 2.04 bits per heavy atom. The number of furan rings is 1. The Kier molecular flexibility index (Phi) is 7.69. The van der Waals surface area contributed by atoms with Gasteiger partial charge < -0.3 is 14.3 Å². The van der Waals surface area contributed by atoms with Gasteiger partial charge in [0, 0.05) is 19.1 Å². The van der Waals surface area contributed by atoms with Crippen molar-refractivity contribution in [2.75, 3.05) is 13.2 Å². The molecule has 1 N–H and O–H groups in total. The first-order valence-electron chi connectivity index (χ1n) is 9.08. The molecule has 0 spiro atoms. The molecule has 1 aromatic heterocycles. The number of rotatable bonds is 10. The molecular formula is C21H31NO3. The van der Waals surface area contributed by atoms with Crippen molar-refractivity contribution < 1.29 is 14.3 Å². The fourth-order valence-electron chi connectivity index (χ4n) is 2.91. The van der Waals surface area contributed by atoms with E-state index < -0.39 is 6.10 Å². The predicted molar refractivity (Wildman–Crippen MR) is 100 cm³/mol. The molecule has 25 heavy (non-hydrogen) atoms. The highest BCUT2D eigenvalue weighted by Gasteiger charge is 2.18. The van der Waals surface area contributed by atoms with Crippen LogP contribution in [0.1, 0.15) is 42.7 Å². The largest absolute Gasteiger partial charge is 0.467 e. The van der Waals surface area contributed by atoms with Crippen LogP contribution in [0.4, 0.5) is 0 Å². The van der Waals surface area contributed by atoms with Gasteiger partial charge in [-0.2, -0.15) is 0 Å². The molecule has 0 fully saturated rings. The number of aliphatic hydroxyl groups is 1.